The normalized spacial score (nSPS) is 12.4. The lowest BCUT2D eigenvalue weighted by Gasteiger charge is -2.06. The molecule has 0 aliphatic carbocycles. The van der Waals surface area contributed by atoms with Gasteiger partial charge < -0.3 is 9.55 Å². The third kappa shape index (κ3) is 1.28. The number of fused-ring (bicyclic) bond motifs is 5. The molecule has 1 aliphatic rings. The number of aromatic nitrogens is 4. The molecule has 0 amide bonds. The van der Waals surface area contributed by atoms with Crippen LogP contribution in [0.5, 0.6) is 0 Å². The number of nitrogens with zero attached hydrogens (tertiary/aromatic N) is 2. The van der Waals surface area contributed by atoms with Gasteiger partial charge in [-0.1, -0.05) is 24.3 Å². The van der Waals surface area contributed by atoms with Gasteiger partial charge in [0.05, 0.1) is 6.54 Å². The third-order valence-electron chi connectivity index (χ3n) is 3.45. The molecule has 98 valence electrons. The molecule has 3 heterocycles. The molecule has 0 saturated carbocycles. The van der Waals surface area contributed by atoms with Crippen LogP contribution in [-0.4, -0.2) is 19.5 Å². The van der Waals surface area contributed by atoms with Gasteiger partial charge in [-0.2, -0.15) is 4.98 Å². The van der Waals surface area contributed by atoms with Crippen LogP contribution in [0.1, 0.15) is 5.56 Å². The van der Waals surface area contributed by atoms with Crippen molar-refractivity contribution >= 4 is 11.0 Å². The average molecular weight is 268 g/mol. The number of H-pyrrole nitrogens is 2. The molecule has 1 aliphatic heterocycles. The predicted molar refractivity (Wildman–Crippen MR) is 71.8 cm³/mol. The summed E-state index contributed by atoms with van der Waals surface area (Å²) in [5, 5.41) is 0. The maximum Gasteiger partial charge on any atom is 0.326 e. The lowest BCUT2D eigenvalue weighted by atomic mass is 10.1. The summed E-state index contributed by atoms with van der Waals surface area (Å²) in [6, 6.07) is 7.51. The standard InChI is InChI=1S/C13H8N4O3/c18-11-8-9(12(19)16-13(20)14-8)17-5-6-3-1-2-4-7(6)10(17)15-11/h1-4H,5H2,(H2,14,16,19,20). The van der Waals surface area contributed by atoms with Crippen molar-refractivity contribution in [3.63, 3.8) is 0 Å². The molecule has 0 fully saturated rings. The summed E-state index contributed by atoms with van der Waals surface area (Å²) in [7, 11) is 0. The zero-order valence-corrected chi connectivity index (χ0v) is 10.1. The summed E-state index contributed by atoms with van der Waals surface area (Å²) in [5.74, 6) is 0.454. The maximum atomic E-state index is 12.0. The van der Waals surface area contributed by atoms with Crippen molar-refractivity contribution in [2.45, 2.75) is 6.54 Å². The molecule has 0 unspecified atom stereocenters. The zero-order chi connectivity index (χ0) is 13.9. The molecule has 0 atom stereocenters. The van der Waals surface area contributed by atoms with E-state index in [1.165, 1.54) is 0 Å². The second kappa shape index (κ2) is 3.53. The van der Waals surface area contributed by atoms with Crippen LogP contribution in [-0.2, 0) is 6.54 Å². The first-order chi connectivity index (χ1) is 9.65. The molecule has 0 bridgehead atoms. The molecular weight excluding hydrogens is 260 g/mol. The Bertz CT molecular complexity index is 1040. The van der Waals surface area contributed by atoms with Crippen molar-refractivity contribution in [1.82, 2.24) is 19.5 Å². The number of hydrogen-bond acceptors (Lipinski definition) is 4. The molecule has 3 aromatic rings. The molecule has 1 aromatic carbocycles. The number of nitrogens with one attached hydrogen (secondary N) is 2. The summed E-state index contributed by atoms with van der Waals surface area (Å²) < 4.78 is 1.65. The Morgan fingerprint density at radius 1 is 1.10 bits per heavy atom. The molecule has 7 nitrogen and oxygen atoms in total. The van der Waals surface area contributed by atoms with Crippen LogP contribution >= 0.6 is 0 Å². The van der Waals surface area contributed by atoms with Gasteiger partial charge in [-0.05, 0) is 5.56 Å². The second-order valence-corrected chi connectivity index (χ2v) is 4.62. The fourth-order valence-electron chi connectivity index (χ4n) is 2.62. The van der Waals surface area contributed by atoms with E-state index in [-0.39, 0.29) is 11.0 Å². The first kappa shape index (κ1) is 10.9. The highest BCUT2D eigenvalue weighted by molar-refractivity contribution is 5.78. The Hall–Kier alpha value is -2.96. The van der Waals surface area contributed by atoms with Crippen molar-refractivity contribution in [1.29, 1.82) is 0 Å². The Balaban J connectivity index is 2.25. The molecule has 4 rings (SSSR count). The highest BCUT2D eigenvalue weighted by atomic mass is 16.2. The van der Waals surface area contributed by atoms with E-state index in [4.69, 9.17) is 0 Å². The Kier molecular flexibility index (Phi) is 1.93. The van der Waals surface area contributed by atoms with E-state index < -0.39 is 16.8 Å². The zero-order valence-electron chi connectivity index (χ0n) is 10.1. The molecule has 0 spiro atoms. The Morgan fingerprint density at radius 2 is 1.90 bits per heavy atom. The molecule has 20 heavy (non-hydrogen) atoms. The van der Waals surface area contributed by atoms with E-state index in [1.807, 2.05) is 24.3 Å². The van der Waals surface area contributed by atoms with Gasteiger partial charge in [-0.25, -0.2) is 4.79 Å². The van der Waals surface area contributed by atoms with E-state index >= 15 is 0 Å². The van der Waals surface area contributed by atoms with Gasteiger partial charge in [0.15, 0.2) is 0 Å². The molecule has 7 heteroatoms. The summed E-state index contributed by atoms with van der Waals surface area (Å²) in [6.45, 7) is 0.449. The molecule has 2 aromatic heterocycles. The summed E-state index contributed by atoms with van der Waals surface area (Å²) in [6.07, 6.45) is 0. The molecule has 2 N–H and O–H groups in total. The monoisotopic (exact) mass is 268 g/mol. The quantitative estimate of drug-likeness (QED) is 0.461. The second-order valence-electron chi connectivity index (χ2n) is 4.62. The van der Waals surface area contributed by atoms with E-state index in [0.29, 0.717) is 12.4 Å². The van der Waals surface area contributed by atoms with Gasteiger partial charge >= 0.3 is 5.69 Å². The van der Waals surface area contributed by atoms with Crippen molar-refractivity contribution in [2.24, 2.45) is 0 Å². The van der Waals surface area contributed by atoms with Crippen LogP contribution in [0.25, 0.3) is 22.4 Å². The fraction of sp³-hybridized carbons (Fsp3) is 0.0769. The van der Waals surface area contributed by atoms with Crippen LogP contribution in [0.2, 0.25) is 0 Å². The fourth-order valence-corrected chi connectivity index (χ4v) is 2.62. The van der Waals surface area contributed by atoms with Crippen LogP contribution in [0.4, 0.5) is 0 Å². The minimum Gasteiger partial charge on any atom is -0.315 e. The highest BCUT2D eigenvalue weighted by Gasteiger charge is 2.23. The number of hydrogen-bond donors (Lipinski definition) is 2. The van der Waals surface area contributed by atoms with Crippen molar-refractivity contribution in [3.8, 4) is 11.4 Å². The minimum absolute atomic E-state index is 0.0599. The topological polar surface area (TPSA) is 101 Å². The first-order valence-electron chi connectivity index (χ1n) is 6.00. The van der Waals surface area contributed by atoms with E-state index in [0.717, 1.165) is 11.1 Å². The first-order valence-corrected chi connectivity index (χ1v) is 6.00. The summed E-state index contributed by atoms with van der Waals surface area (Å²) in [5.41, 5.74) is 0.00151. The number of aromatic amines is 2. The average Bonchev–Trinajstić information content (AvgIpc) is 2.77. The molecular formula is C13H8N4O3. The number of rotatable bonds is 0. The van der Waals surface area contributed by atoms with Crippen LogP contribution in [0.15, 0.2) is 38.6 Å². The van der Waals surface area contributed by atoms with Crippen LogP contribution in [0.3, 0.4) is 0 Å². The predicted octanol–water partition coefficient (Wildman–Crippen LogP) is -0.198. The lowest BCUT2D eigenvalue weighted by molar-refractivity contribution is 0.837. The number of benzene rings is 1. The largest absolute Gasteiger partial charge is 0.326 e. The Labute approximate surface area is 110 Å². The van der Waals surface area contributed by atoms with Crippen LogP contribution in [0, 0.1) is 0 Å². The van der Waals surface area contributed by atoms with Crippen LogP contribution < -0.4 is 16.8 Å². The highest BCUT2D eigenvalue weighted by Crippen LogP contribution is 2.30. The van der Waals surface area contributed by atoms with Crippen molar-refractivity contribution in [2.75, 3.05) is 0 Å². The van der Waals surface area contributed by atoms with Gasteiger partial charge in [0.2, 0.25) is 0 Å². The van der Waals surface area contributed by atoms with Gasteiger partial charge in [0.1, 0.15) is 16.9 Å². The summed E-state index contributed by atoms with van der Waals surface area (Å²) >= 11 is 0. The smallest absolute Gasteiger partial charge is 0.315 e. The minimum atomic E-state index is -0.711. The van der Waals surface area contributed by atoms with E-state index in [2.05, 4.69) is 15.0 Å². The lowest BCUT2D eigenvalue weighted by Crippen LogP contribution is -2.29. The Morgan fingerprint density at radius 3 is 2.75 bits per heavy atom. The summed E-state index contributed by atoms with van der Waals surface area (Å²) in [4.78, 5) is 43.8. The maximum absolute atomic E-state index is 12.0. The van der Waals surface area contributed by atoms with Gasteiger partial charge in [-0.15, -0.1) is 0 Å². The van der Waals surface area contributed by atoms with Crippen molar-refractivity contribution < 1.29 is 0 Å². The van der Waals surface area contributed by atoms with E-state index in [9.17, 15) is 14.4 Å². The van der Waals surface area contributed by atoms with Crippen molar-refractivity contribution in [3.05, 3.63) is 61.0 Å². The van der Waals surface area contributed by atoms with Gasteiger partial charge in [0.25, 0.3) is 11.1 Å². The van der Waals surface area contributed by atoms with Gasteiger partial charge in [-0.3, -0.25) is 14.6 Å². The SMILES string of the molecule is O=c1[nH]c(=O)c2c([nH]1)c(=O)nc1n2Cc2ccccc2-1. The molecule has 0 saturated heterocycles. The van der Waals surface area contributed by atoms with Gasteiger partial charge in [0, 0.05) is 5.56 Å². The van der Waals surface area contributed by atoms with E-state index in [1.54, 1.807) is 4.57 Å². The molecule has 0 radical (unpaired) electrons. The third-order valence-corrected chi connectivity index (χ3v) is 3.45.